The summed E-state index contributed by atoms with van der Waals surface area (Å²) in [6, 6.07) is 4.02. The Morgan fingerprint density at radius 2 is 2.11 bits per heavy atom. The van der Waals surface area contributed by atoms with Crippen molar-refractivity contribution >= 4 is 21.8 Å². The van der Waals surface area contributed by atoms with E-state index in [2.05, 4.69) is 21.2 Å². The summed E-state index contributed by atoms with van der Waals surface area (Å²) < 4.78 is 13.6. The number of amides is 1. The number of aliphatic hydroxyl groups is 1. The molecule has 2 unspecified atom stereocenters. The summed E-state index contributed by atoms with van der Waals surface area (Å²) in [5, 5.41) is 12.5. The van der Waals surface area contributed by atoms with Gasteiger partial charge in [0.2, 0.25) is 0 Å². The molecule has 0 radical (unpaired) electrons. The van der Waals surface area contributed by atoms with E-state index < -0.39 is 11.9 Å². The van der Waals surface area contributed by atoms with Gasteiger partial charge in [0, 0.05) is 5.56 Å². The number of rotatable bonds is 2. The molecule has 2 rings (SSSR count). The second-order valence-electron chi connectivity index (χ2n) is 4.56. The molecule has 0 bridgehead atoms. The summed E-state index contributed by atoms with van der Waals surface area (Å²) >= 11 is 3.04. The Kier molecular flexibility index (Phi) is 4.35. The SMILES string of the molecule is O=C(NC1CCCCC1O)c1ccc(Br)c(F)c1. The van der Waals surface area contributed by atoms with Crippen LogP contribution in [-0.4, -0.2) is 23.2 Å². The molecule has 1 amide bonds. The summed E-state index contributed by atoms with van der Waals surface area (Å²) in [5.74, 6) is -0.806. The molecule has 0 heterocycles. The number of nitrogens with one attached hydrogen (secondary N) is 1. The highest BCUT2D eigenvalue weighted by Crippen LogP contribution is 2.20. The van der Waals surface area contributed by atoms with E-state index in [9.17, 15) is 14.3 Å². The van der Waals surface area contributed by atoms with E-state index in [1.165, 1.54) is 12.1 Å². The molecule has 1 fully saturated rings. The van der Waals surface area contributed by atoms with E-state index in [0.29, 0.717) is 10.9 Å². The highest BCUT2D eigenvalue weighted by Gasteiger charge is 2.24. The molecule has 2 N–H and O–H groups in total. The molecule has 2 atom stereocenters. The summed E-state index contributed by atoms with van der Waals surface area (Å²) in [6.45, 7) is 0. The Bertz CT molecular complexity index is 453. The number of carbonyl (C=O) groups is 1. The van der Waals surface area contributed by atoms with E-state index in [-0.39, 0.29) is 17.5 Å². The van der Waals surface area contributed by atoms with Crippen LogP contribution in [0.3, 0.4) is 0 Å². The van der Waals surface area contributed by atoms with E-state index in [1.54, 1.807) is 6.07 Å². The van der Waals surface area contributed by atoms with Crippen molar-refractivity contribution in [3.63, 3.8) is 0 Å². The van der Waals surface area contributed by atoms with Crippen LogP contribution in [0.5, 0.6) is 0 Å². The maximum atomic E-state index is 13.3. The molecule has 1 aliphatic carbocycles. The van der Waals surface area contributed by atoms with Crippen LogP contribution in [0.25, 0.3) is 0 Å². The highest BCUT2D eigenvalue weighted by molar-refractivity contribution is 9.10. The van der Waals surface area contributed by atoms with Crippen molar-refractivity contribution in [2.45, 2.75) is 37.8 Å². The lowest BCUT2D eigenvalue weighted by Crippen LogP contribution is -2.45. The number of benzene rings is 1. The van der Waals surface area contributed by atoms with Gasteiger partial charge in [-0.3, -0.25) is 4.79 Å². The molecule has 5 heteroatoms. The average Bonchev–Trinajstić information content (AvgIpc) is 2.35. The van der Waals surface area contributed by atoms with Crippen LogP contribution >= 0.6 is 15.9 Å². The fourth-order valence-corrected chi connectivity index (χ4v) is 2.42. The molecular formula is C13H15BrFNO2. The van der Waals surface area contributed by atoms with Crippen LogP contribution in [0, 0.1) is 5.82 Å². The predicted molar refractivity (Wildman–Crippen MR) is 69.8 cm³/mol. The largest absolute Gasteiger partial charge is 0.391 e. The Hall–Kier alpha value is -0.940. The van der Waals surface area contributed by atoms with Crippen LogP contribution < -0.4 is 5.32 Å². The van der Waals surface area contributed by atoms with Gasteiger partial charge in [0.15, 0.2) is 0 Å². The zero-order valence-corrected chi connectivity index (χ0v) is 11.4. The molecule has 0 spiro atoms. The van der Waals surface area contributed by atoms with Crippen LogP contribution in [0.15, 0.2) is 22.7 Å². The molecular weight excluding hydrogens is 301 g/mol. The first-order valence-corrected chi connectivity index (χ1v) is 6.81. The lowest BCUT2D eigenvalue weighted by atomic mass is 9.92. The van der Waals surface area contributed by atoms with Crippen molar-refractivity contribution in [2.75, 3.05) is 0 Å². The molecule has 1 aliphatic rings. The monoisotopic (exact) mass is 315 g/mol. The third-order valence-electron chi connectivity index (χ3n) is 3.23. The van der Waals surface area contributed by atoms with Crippen LogP contribution in [0.1, 0.15) is 36.0 Å². The normalized spacial score (nSPS) is 23.7. The quantitative estimate of drug-likeness (QED) is 0.881. The highest BCUT2D eigenvalue weighted by atomic mass is 79.9. The molecule has 1 saturated carbocycles. The molecule has 98 valence electrons. The Morgan fingerprint density at radius 1 is 1.39 bits per heavy atom. The van der Waals surface area contributed by atoms with Crippen LogP contribution in [0.4, 0.5) is 4.39 Å². The number of halogens is 2. The van der Waals surface area contributed by atoms with Gasteiger partial charge in [0.25, 0.3) is 5.91 Å². The van der Waals surface area contributed by atoms with Gasteiger partial charge >= 0.3 is 0 Å². The van der Waals surface area contributed by atoms with Crippen molar-refractivity contribution in [3.05, 3.63) is 34.1 Å². The second kappa shape index (κ2) is 5.80. The Balaban J connectivity index is 2.04. The Labute approximate surface area is 114 Å². The standard InChI is InChI=1S/C13H15BrFNO2/c14-9-6-5-8(7-10(9)15)13(18)16-11-3-1-2-4-12(11)17/h5-7,11-12,17H,1-4H2,(H,16,18). The first-order valence-electron chi connectivity index (χ1n) is 6.02. The van der Waals surface area contributed by atoms with Gasteiger partial charge in [-0.2, -0.15) is 0 Å². The van der Waals surface area contributed by atoms with Gasteiger partial charge in [-0.1, -0.05) is 12.8 Å². The average molecular weight is 316 g/mol. The fraction of sp³-hybridized carbons (Fsp3) is 0.462. The topological polar surface area (TPSA) is 49.3 Å². The van der Waals surface area contributed by atoms with E-state index in [1.807, 2.05) is 0 Å². The van der Waals surface area contributed by atoms with Crippen molar-refractivity contribution in [3.8, 4) is 0 Å². The minimum absolute atomic E-state index is 0.224. The predicted octanol–water partition coefficient (Wildman–Crippen LogP) is 2.62. The third-order valence-corrected chi connectivity index (χ3v) is 3.87. The number of carbonyl (C=O) groups excluding carboxylic acids is 1. The van der Waals surface area contributed by atoms with Crippen molar-refractivity contribution in [1.82, 2.24) is 5.32 Å². The van der Waals surface area contributed by atoms with E-state index in [4.69, 9.17) is 0 Å². The molecule has 3 nitrogen and oxygen atoms in total. The first kappa shape index (κ1) is 13.5. The van der Waals surface area contributed by atoms with Crippen LogP contribution in [-0.2, 0) is 0 Å². The second-order valence-corrected chi connectivity index (χ2v) is 5.41. The first-order chi connectivity index (χ1) is 8.58. The van der Waals surface area contributed by atoms with Gasteiger partial charge in [-0.25, -0.2) is 4.39 Å². The van der Waals surface area contributed by atoms with Crippen LogP contribution in [0.2, 0.25) is 0 Å². The molecule has 0 saturated heterocycles. The van der Waals surface area contributed by atoms with Gasteiger partial charge < -0.3 is 10.4 Å². The fourth-order valence-electron chi connectivity index (χ4n) is 2.17. The maximum Gasteiger partial charge on any atom is 0.251 e. The minimum atomic E-state index is -0.497. The van der Waals surface area contributed by atoms with Crippen molar-refractivity contribution in [1.29, 1.82) is 0 Å². The summed E-state index contributed by atoms with van der Waals surface area (Å²) in [6.07, 6.45) is 2.96. The third kappa shape index (κ3) is 3.09. The Morgan fingerprint density at radius 3 is 2.78 bits per heavy atom. The zero-order chi connectivity index (χ0) is 13.1. The van der Waals surface area contributed by atoms with Gasteiger partial charge in [-0.15, -0.1) is 0 Å². The smallest absolute Gasteiger partial charge is 0.251 e. The zero-order valence-electron chi connectivity index (χ0n) is 9.83. The van der Waals surface area contributed by atoms with Gasteiger partial charge in [0.1, 0.15) is 5.82 Å². The number of hydrogen-bond acceptors (Lipinski definition) is 2. The van der Waals surface area contributed by atoms with Crippen molar-refractivity contribution < 1.29 is 14.3 Å². The molecule has 1 aromatic rings. The number of aliphatic hydroxyl groups excluding tert-OH is 1. The summed E-state index contributed by atoms with van der Waals surface area (Å²) in [4.78, 5) is 11.9. The number of hydrogen-bond donors (Lipinski definition) is 2. The van der Waals surface area contributed by atoms with E-state index >= 15 is 0 Å². The van der Waals surface area contributed by atoms with Gasteiger partial charge in [-0.05, 0) is 47.0 Å². The molecule has 18 heavy (non-hydrogen) atoms. The van der Waals surface area contributed by atoms with Crippen molar-refractivity contribution in [2.24, 2.45) is 0 Å². The van der Waals surface area contributed by atoms with E-state index in [0.717, 1.165) is 19.3 Å². The molecule has 0 aliphatic heterocycles. The molecule has 1 aromatic carbocycles. The minimum Gasteiger partial charge on any atom is -0.391 e. The summed E-state index contributed by atoms with van der Waals surface area (Å²) in [7, 11) is 0. The lowest BCUT2D eigenvalue weighted by molar-refractivity contribution is 0.0717. The molecule has 0 aromatic heterocycles. The summed E-state index contributed by atoms with van der Waals surface area (Å²) in [5.41, 5.74) is 0.272. The maximum absolute atomic E-state index is 13.3. The van der Waals surface area contributed by atoms with Gasteiger partial charge in [0.05, 0.1) is 16.6 Å². The lowest BCUT2D eigenvalue weighted by Gasteiger charge is -2.28.